The van der Waals surface area contributed by atoms with Gasteiger partial charge in [0.25, 0.3) is 0 Å². The van der Waals surface area contributed by atoms with Crippen molar-refractivity contribution in [3.05, 3.63) is 48.0 Å². The van der Waals surface area contributed by atoms with Crippen LogP contribution in [0.15, 0.2) is 36.9 Å². The highest BCUT2D eigenvalue weighted by Gasteiger charge is 2.49. The van der Waals surface area contributed by atoms with Crippen molar-refractivity contribution in [3.63, 3.8) is 0 Å². The lowest BCUT2D eigenvalue weighted by molar-refractivity contribution is -0.0472. The standard InChI is InChI=1S/C20H21N5O3S/c21-18-14-19(23-8-22-18)25(9-24-14)20-16(27)15(26)17(28-20)13(7-29)12-6-5-10-3-1-2-4-11(10)12/h1-4,7-9,12-13,15-17,20,26-27H,5-6H2,(H2,21,22,23)/t12?,13?,15-,16+,17+,20+/m0/s1. The highest BCUT2D eigenvalue weighted by Crippen LogP contribution is 2.44. The third kappa shape index (κ3) is 2.84. The Kier molecular flexibility index (Phi) is 4.54. The van der Waals surface area contributed by atoms with Gasteiger partial charge in [-0.2, -0.15) is 0 Å². The smallest absolute Gasteiger partial charge is 0.167 e. The van der Waals surface area contributed by atoms with Crippen LogP contribution in [0, 0.1) is 5.92 Å². The molecule has 0 amide bonds. The van der Waals surface area contributed by atoms with Crippen molar-refractivity contribution in [2.75, 3.05) is 5.73 Å². The number of aliphatic hydroxyl groups excluding tert-OH is 2. The molecule has 1 aliphatic carbocycles. The van der Waals surface area contributed by atoms with E-state index in [0.29, 0.717) is 11.2 Å². The van der Waals surface area contributed by atoms with Gasteiger partial charge in [-0.1, -0.05) is 36.5 Å². The van der Waals surface area contributed by atoms with E-state index in [2.05, 4.69) is 27.1 Å². The van der Waals surface area contributed by atoms with Crippen LogP contribution in [0.25, 0.3) is 11.2 Å². The van der Waals surface area contributed by atoms with Gasteiger partial charge in [-0.3, -0.25) is 4.57 Å². The quantitative estimate of drug-likeness (QED) is 0.551. The Morgan fingerprint density at radius 3 is 2.86 bits per heavy atom. The lowest BCUT2D eigenvalue weighted by Gasteiger charge is -2.28. The first kappa shape index (κ1) is 18.6. The average molecular weight is 411 g/mol. The minimum atomic E-state index is -1.15. The molecule has 29 heavy (non-hydrogen) atoms. The van der Waals surface area contributed by atoms with Gasteiger partial charge in [0.15, 0.2) is 17.7 Å². The van der Waals surface area contributed by atoms with Gasteiger partial charge in [0.1, 0.15) is 24.1 Å². The summed E-state index contributed by atoms with van der Waals surface area (Å²) in [7, 11) is 0. The van der Waals surface area contributed by atoms with E-state index in [9.17, 15) is 10.2 Å². The molecular weight excluding hydrogens is 390 g/mol. The summed E-state index contributed by atoms with van der Waals surface area (Å²) in [6.45, 7) is 0. The number of hydrogen-bond donors (Lipinski definition) is 3. The largest absolute Gasteiger partial charge is 0.387 e. The molecule has 1 aromatic carbocycles. The molecule has 0 bridgehead atoms. The summed E-state index contributed by atoms with van der Waals surface area (Å²) in [5, 5.41) is 23.3. The summed E-state index contributed by atoms with van der Waals surface area (Å²) in [6, 6.07) is 8.28. The van der Waals surface area contributed by atoms with Gasteiger partial charge >= 0.3 is 0 Å². The number of nitrogens with zero attached hydrogens (tertiary/aromatic N) is 4. The maximum atomic E-state index is 10.8. The molecule has 9 heteroatoms. The zero-order valence-electron chi connectivity index (χ0n) is 15.5. The number of aryl methyl sites for hydroxylation is 1. The van der Waals surface area contributed by atoms with Crippen molar-refractivity contribution >= 4 is 34.6 Å². The number of rotatable bonds is 4. The van der Waals surface area contributed by atoms with Crippen LogP contribution in [0.1, 0.15) is 29.7 Å². The molecule has 2 aromatic heterocycles. The number of thiocarbonyl (C=S) groups is 1. The number of aromatic nitrogens is 4. The van der Waals surface area contributed by atoms with Crippen molar-refractivity contribution in [2.45, 2.75) is 43.3 Å². The third-order valence-electron chi connectivity index (χ3n) is 6.12. The van der Waals surface area contributed by atoms with Crippen LogP contribution in [0.5, 0.6) is 0 Å². The Morgan fingerprint density at radius 1 is 1.21 bits per heavy atom. The number of nitrogen functional groups attached to an aromatic ring is 1. The molecule has 6 atom stereocenters. The average Bonchev–Trinajstić information content (AvgIpc) is 3.42. The van der Waals surface area contributed by atoms with E-state index in [1.165, 1.54) is 23.8 Å². The summed E-state index contributed by atoms with van der Waals surface area (Å²) in [5.74, 6) is 0.183. The van der Waals surface area contributed by atoms with E-state index in [0.717, 1.165) is 12.8 Å². The minimum absolute atomic E-state index is 0.145. The van der Waals surface area contributed by atoms with Gasteiger partial charge in [-0.05, 0) is 35.3 Å². The number of ether oxygens (including phenoxy) is 1. The summed E-state index contributed by atoms with van der Waals surface area (Å²) in [6.07, 6.45) is 1.01. The first-order valence-corrected chi connectivity index (χ1v) is 10.0. The Balaban J connectivity index is 1.47. The van der Waals surface area contributed by atoms with E-state index in [-0.39, 0.29) is 17.7 Å². The molecule has 8 nitrogen and oxygen atoms in total. The van der Waals surface area contributed by atoms with Gasteiger partial charge in [0.2, 0.25) is 0 Å². The predicted octanol–water partition coefficient (Wildman–Crippen LogP) is 1.37. The van der Waals surface area contributed by atoms with Gasteiger partial charge < -0.3 is 20.7 Å². The molecule has 2 aliphatic rings. The van der Waals surface area contributed by atoms with Crippen molar-refractivity contribution < 1.29 is 14.9 Å². The first-order chi connectivity index (χ1) is 14.1. The zero-order valence-corrected chi connectivity index (χ0v) is 16.3. The lowest BCUT2D eigenvalue weighted by Crippen LogP contribution is -2.38. The molecule has 3 aromatic rings. The second-order valence-electron chi connectivity index (χ2n) is 7.61. The van der Waals surface area contributed by atoms with Crippen LogP contribution < -0.4 is 5.73 Å². The van der Waals surface area contributed by atoms with E-state index in [4.69, 9.17) is 22.7 Å². The fourth-order valence-corrected chi connectivity index (χ4v) is 5.03. The fraction of sp³-hybridized carbons (Fsp3) is 0.400. The van der Waals surface area contributed by atoms with E-state index in [1.54, 1.807) is 9.93 Å². The Bertz CT molecular complexity index is 1070. The van der Waals surface area contributed by atoms with Crippen molar-refractivity contribution in [2.24, 2.45) is 5.92 Å². The Hall–Kier alpha value is -2.46. The van der Waals surface area contributed by atoms with Crippen LogP contribution in [0.4, 0.5) is 5.82 Å². The SMILES string of the molecule is Nc1ncnc2c1ncn2[C@@H]1O[C@H](C(C=S)C2CCc3ccccc32)[C@@H](O)[C@H]1O. The van der Waals surface area contributed by atoms with Crippen molar-refractivity contribution in [1.82, 2.24) is 19.5 Å². The molecule has 1 saturated heterocycles. The molecule has 0 spiro atoms. The summed E-state index contributed by atoms with van der Waals surface area (Å²) < 4.78 is 7.77. The molecule has 2 unspecified atom stereocenters. The Labute approximate surface area is 172 Å². The first-order valence-electron chi connectivity index (χ1n) is 9.58. The second-order valence-corrected chi connectivity index (χ2v) is 7.88. The minimum Gasteiger partial charge on any atom is -0.387 e. The highest BCUT2D eigenvalue weighted by atomic mass is 32.1. The molecule has 4 N–H and O–H groups in total. The number of aliphatic hydroxyl groups is 2. The van der Waals surface area contributed by atoms with E-state index >= 15 is 0 Å². The number of hydrogen-bond acceptors (Lipinski definition) is 8. The molecule has 150 valence electrons. The topological polar surface area (TPSA) is 119 Å². The van der Waals surface area contributed by atoms with Crippen LogP contribution >= 0.6 is 12.2 Å². The van der Waals surface area contributed by atoms with Gasteiger partial charge in [-0.15, -0.1) is 0 Å². The van der Waals surface area contributed by atoms with Gasteiger partial charge in [0.05, 0.1) is 12.4 Å². The monoisotopic (exact) mass is 411 g/mol. The normalized spacial score (nSPS) is 29.8. The summed E-state index contributed by atoms with van der Waals surface area (Å²) >= 11 is 5.35. The number of nitrogens with two attached hydrogens (primary N) is 1. The van der Waals surface area contributed by atoms with Gasteiger partial charge in [-0.25, -0.2) is 15.0 Å². The maximum absolute atomic E-state index is 10.8. The van der Waals surface area contributed by atoms with Crippen LogP contribution in [0.2, 0.25) is 0 Å². The summed E-state index contributed by atoms with van der Waals surface area (Å²) in [5.41, 5.74) is 9.27. The molecule has 0 radical (unpaired) electrons. The molecule has 5 rings (SSSR count). The van der Waals surface area contributed by atoms with E-state index < -0.39 is 24.5 Å². The van der Waals surface area contributed by atoms with E-state index in [1.807, 2.05) is 12.1 Å². The number of imidazole rings is 1. The molecule has 1 fully saturated rings. The lowest BCUT2D eigenvalue weighted by atomic mass is 9.82. The maximum Gasteiger partial charge on any atom is 0.167 e. The van der Waals surface area contributed by atoms with Crippen LogP contribution in [-0.4, -0.2) is 53.4 Å². The second kappa shape index (κ2) is 7.10. The number of anilines is 1. The van der Waals surface area contributed by atoms with Crippen LogP contribution in [0.3, 0.4) is 0 Å². The Morgan fingerprint density at radius 2 is 2.03 bits per heavy atom. The molecule has 0 saturated carbocycles. The highest BCUT2D eigenvalue weighted by molar-refractivity contribution is 7.79. The number of fused-ring (bicyclic) bond motifs is 2. The number of benzene rings is 1. The fourth-order valence-electron chi connectivity index (χ4n) is 4.68. The molecule has 1 aliphatic heterocycles. The van der Waals surface area contributed by atoms with Crippen molar-refractivity contribution in [3.8, 4) is 0 Å². The van der Waals surface area contributed by atoms with Crippen molar-refractivity contribution in [1.29, 1.82) is 0 Å². The third-order valence-corrected chi connectivity index (χ3v) is 6.43. The molecule has 3 heterocycles. The zero-order chi connectivity index (χ0) is 20.1. The van der Waals surface area contributed by atoms with Gasteiger partial charge in [0, 0.05) is 5.92 Å². The summed E-state index contributed by atoms with van der Waals surface area (Å²) in [4.78, 5) is 12.4. The molecular formula is C20H21N5O3S. The van der Waals surface area contributed by atoms with Crippen LogP contribution in [-0.2, 0) is 11.2 Å². The predicted molar refractivity (Wildman–Crippen MR) is 110 cm³/mol.